The number of carbonyl (C=O) groups is 2. The Morgan fingerprint density at radius 1 is 1.34 bits per heavy atom. The summed E-state index contributed by atoms with van der Waals surface area (Å²) in [4.78, 5) is 36.1. The van der Waals surface area contributed by atoms with Crippen LogP contribution in [-0.2, 0) is 6.54 Å². The van der Waals surface area contributed by atoms with E-state index >= 15 is 0 Å². The predicted octanol–water partition coefficient (Wildman–Crippen LogP) is 2.45. The number of carbonyl (C=O) groups excluding carboxylic acids is 2. The van der Waals surface area contributed by atoms with Crippen molar-refractivity contribution in [3.8, 4) is 5.82 Å². The fourth-order valence-corrected chi connectivity index (χ4v) is 3.91. The third-order valence-corrected chi connectivity index (χ3v) is 5.70. The monoisotopic (exact) mass is 454 g/mol. The molecular weight excluding hydrogens is 432 g/mol. The number of hydrogen-bond acceptors (Lipinski definition) is 6. The number of aliphatic hydroxyl groups excluding tert-OH is 1. The van der Waals surface area contributed by atoms with Crippen LogP contribution in [0.15, 0.2) is 36.9 Å². The highest BCUT2D eigenvalue weighted by Gasteiger charge is 2.35. The first-order chi connectivity index (χ1) is 15.4. The van der Waals surface area contributed by atoms with E-state index in [4.69, 9.17) is 16.7 Å². The summed E-state index contributed by atoms with van der Waals surface area (Å²) >= 11 is 5.96. The molecule has 1 aliphatic heterocycles. The van der Waals surface area contributed by atoms with Gasteiger partial charge >= 0.3 is 0 Å². The predicted molar refractivity (Wildman–Crippen MR) is 118 cm³/mol. The van der Waals surface area contributed by atoms with Gasteiger partial charge in [-0.15, -0.1) is 0 Å². The number of hydrogen-bond donors (Lipinski definition) is 2. The molecule has 1 atom stereocenters. The van der Waals surface area contributed by atoms with Gasteiger partial charge < -0.3 is 15.3 Å². The number of nitrogens with one attached hydrogen (secondary N) is 1. The molecule has 166 valence electrons. The molecule has 2 N–H and O–H groups in total. The van der Waals surface area contributed by atoms with Crippen molar-refractivity contribution in [1.29, 1.82) is 0 Å². The molecule has 0 bridgehead atoms. The highest BCUT2D eigenvalue weighted by molar-refractivity contribution is 6.30. The molecule has 10 heteroatoms. The van der Waals surface area contributed by atoms with Crippen LogP contribution in [0, 0.1) is 6.92 Å². The maximum atomic E-state index is 13.1. The van der Waals surface area contributed by atoms with Gasteiger partial charge in [0.1, 0.15) is 5.69 Å². The van der Waals surface area contributed by atoms with Crippen molar-refractivity contribution in [3.63, 3.8) is 0 Å². The molecule has 9 nitrogen and oxygen atoms in total. The summed E-state index contributed by atoms with van der Waals surface area (Å²) < 4.78 is 1.61. The molecule has 32 heavy (non-hydrogen) atoms. The van der Waals surface area contributed by atoms with Crippen molar-refractivity contribution < 1.29 is 14.7 Å². The molecule has 4 rings (SSSR count). The fourth-order valence-electron chi connectivity index (χ4n) is 3.78. The van der Waals surface area contributed by atoms with E-state index in [1.54, 1.807) is 34.2 Å². The third kappa shape index (κ3) is 4.09. The molecular formula is C22H23ClN6O3. The van der Waals surface area contributed by atoms with E-state index in [9.17, 15) is 9.59 Å². The maximum Gasteiger partial charge on any atom is 0.270 e. The normalized spacial score (nSPS) is 13.9. The SMILES string of the molecule is Cc1cc(C(C)N2Cc3c(ccnc3C(=O)NCCCO)C2=O)cnc1-n1cc(Cl)cn1. The van der Waals surface area contributed by atoms with Crippen molar-refractivity contribution in [2.45, 2.75) is 32.9 Å². The molecule has 0 aromatic carbocycles. The molecule has 3 aromatic rings. The van der Waals surface area contributed by atoms with Crippen LogP contribution in [0.5, 0.6) is 0 Å². The standard InChI is InChI=1S/C22H23ClN6O3/c1-13-8-15(9-26-20(13)29-11-16(23)10-27-29)14(2)28-12-18-17(22(28)32)4-6-24-19(18)21(31)25-5-3-7-30/h4,6,8-11,14,30H,3,5,7,12H2,1-2H3,(H,25,31). The van der Waals surface area contributed by atoms with Crippen molar-refractivity contribution in [2.24, 2.45) is 0 Å². The molecule has 0 fully saturated rings. The van der Waals surface area contributed by atoms with Crippen LogP contribution in [-0.4, -0.2) is 54.7 Å². The third-order valence-electron chi connectivity index (χ3n) is 5.50. The van der Waals surface area contributed by atoms with Crippen molar-refractivity contribution in [2.75, 3.05) is 13.2 Å². The first-order valence-corrected chi connectivity index (χ1v) is 10.6. The van der Waals surface area contributed by atoms with E-state index in [-0.39, 0.29) is 36.7 Å². The smallest absolute Gasteiger partial charge is 0.270 e. The number of halogens is 1. The Labute approximate surface area is 190 Å². The summed E-state index contributed by atoms with van der Waals surface area (Å²) in [6.45, 7) is 4.46. The van der Waals surface area contributed by atoms with Crippen LogP contribution in [0.25, 0.3) is 5.82 Å². The van der Waals surface area contributed by atoms with Gasteiger partial charge in [-0.25, -0.2) is 9.67 Å². The van der Waals surface area contributed by atoms with Gasteiger partial charge in [0.05, 0.1) is 23.5 Å². The summed E-state index contributed by atoms with van der Waals surface area (Å²) in [6, 6.07) is 3.35. The van der Waals surface area contributed by atoms with Gasteiger partial charge in [0.25, 0.3) is 11.8 Å². The molecule has 0 spiro atoms. The number of aromatic nitrogens is 4. The molecule has 4 heterocycles. The molecule has 2 amide bonds. The zero-order valence-corrected chi connectivity index (χ0v) is 18.5. The lowest BCUT2D eigenvalue weighted by atomic mass is 10.1. The van der Waals surface area contributed by atoms with Crippen LogP contribution in [0.3, 0.4) is 0 Å². The van der Waals surface area contributed by atoms with E-state index in [1.807, 2.05) is 19.9 Å². The summed E-state index contributed by atoms with van der Waals surface area (Å²) in [7, 11) is 0. The van der Waals surface area contributed by atoms with Crippen LogP contribution < -0.4 is 5.32 Å². The van der Waals surface area contributed by atoms with Crippen molar-refractivity contribution in [1.82, 2.24) is 30.0 Å². The number of fused-ring (bicyclic) bond motifs is 1. The number of rotatable bonds is 7. The van der Waals surface area contributed by atoms with Gasteiger partial charge in [0, 0.05) is 43.2 Å². The minimum Gasteiger partial charge on any atom is -0.396 e. The van der Waals surface area contributed by atoms with Crippen LogP contribution >= 0.6 is 11.6 Å². The lowest BCUT2D eigenvalue weighted by Crippen LogP contribution is -2.28. The van der Waals surface area contributed by atoms with Crippen LogP contribution in [0.1, 0.15) is 56.9 Å². The Bertz CT molecular complexity index is 1180. The van der Waals surface area contributed by atoms with Crippen LogP contribution in [0.2, 0.25) is 5.02 Å². The Hall–Kier alpha value is -3.30. The quantitative estimate of drug-likeness (QED) is 0.530. The fraction of sp³-hybridized carbons (Fsp3) is 0.318. The number of aryl methyl sites for hydroxylation is 1. The average molecular weight is 455 g/mol. The van der Waals surface area contributed by atoms with Gasteiger partial charge in [0.2, 0.25) is 0 Å². The summed E-state index contributed by atoms with van der Waals surface area (Å²) in [5, 5.41) is 16.4. The first kappa shape index (κ1) is 21.9. The molecule has 0 aliphatic carbocycles. The Balaban J connectivity index is 1.56. The molecule has 3 aromatic heterocycles. The number of pyridine rings is 2. The van der Waals surface area contributed by atoms with Crippen molar-refractivity contribution >= 4 is 23.4 Å². The van der Waals surface area contributed by atoms with E-state index in [1.165, 1.54) is 6.20 Å². The Morgan fingerprint density at radius 2 is 2.16 bits per heavy atom. The largest absolute Gasteiger partial charge is 0.396 e. The second-order valence-electron chi connectivity index (χ2n) is 7.64. The van der Waals surface area contributed by atoms with E-state index < -0.39 is 0 Å². The highest BCUT2D eigenvalue weighted by atomic mass is 35.5. The Morgan fingerprint density at radius 3 is 2.84 bits per heavy atom. The van der Waals surface area contributed by atoms with Gasteiger partial charge in [-0.05, 0) is 43.5 Å². The zero-order valence-electron chi connectivity index (χ0n) is 17.7. The Kier molecular flexibility index (Phi) is 6.20. The molecule has 0 saturated heterocycles. The number of amides is 2. The van der Waals surface area contributed by atoms with Crippen LogP contribution in [0.4, 0.5) is 0 Å². The lowest BCUT2D eigenvalue weighted by Gasteiger charge is -2.25. The van der Waals surface area contributed by atoms with E-state index in [0.29, 0.717) is 34.9 Å². The minimum absolute atomic E-state index is 0.00986. The maximum absolute atomic E-state index is 13.1. The van der Waals surface area contributed by atoms with Gasteiger partial charge in [-0.3, -0.25) is 14.6 Å². The second kappa shape index (κ2) is 9.05. The van der Waals surface area contributed by atoms with Crippen molar-refractivity contribution in [3.05, 3.63) is 69.9 Å². The molecule has 0 radical (unpaired) electrons. The van der Waals surface area contributed by atoms with E-state index in [0.717, 1.165) is 11.1 Å². The zero-order chi connectivity index (χ0) is 22.8. The van der Waals surface area contributed by atoms with Gasteiger partial charge in [-0.1, -0.05) is 11.6 Å². The first-order valence-electron chi connectivity index (χ1n) is 10.3. The van der Waals surface area contributed by atoms with E-state index in [2.05, 4.69) is 20.4 Å². The summed E-state index contributed by atoms with van der Waals surface area (Å²) in [5.41, 5.74) is 3.09. The lowest BCUT2D eigenvalue weighted by molar-refractivity contribution is 0.0714. The molecule has 1 aliphatic rings. The number of aliphatic hydroxyl groups is 1. The highest BCUT2D eigenvalue weighted by Crippen LogP contribution is 2.32. The van der Waals surface area contributed by atoms with Gasteiger partial charge in [0.15, 0.2) is 5.82 Å². The summed E-state index contributed by atoms with van der Waals surface area (Å²) in [5.74, 6) is 0.159. The second-order valence-corrected chi connectivity index (χ2v) is 8.08. The topological polar surface area (TPSA) is 113 Å². The molecule has 1 unspecified atom stereocenters. The summed E-state index contributed by atoms with van der Waals surface area (Å²) in [6.07, 6.45) is 6.88. The minimum atomic E-state index is -0.350. The molecule has 0 saturated carbocycles. The number of nitrogens with zero attached hydrogens (tertiary/aromatic N) is 5. The van der Waals surface area contributed by atoms with Gasteiger partial charge in [-0.2, -0.15) is 5.10 Å². The average Bonchev–Trinajstić information content (AvgIpc) is 3.36.